The Morgan fingerprint density at radius 1 is 1.00 bits per heavy atom. The predicted molar refractivity (Wildman–Crippen MR) is 110 cm³/mol. The maximum atomic E-state index is 10.9. The third kappa shape index (κ3) is 5.61. The molecule has 0 spiro atoms. The van der Waals surface area contributed by atoms with Crippen LogP contribution < -0.4 is 9.47 Å². The van der Waals surface area contributed by atoms with Crippen molar-refractivity contribution in [1.82, 2.24) is 4.90 Å². The molecule has 1 aliphatic rings. The van der Waals surface area contributed by atoms with Crippen LogP contribution in [0.15, 0.2) is 48.5 Å². The van der Waals surface area contributed by atoms with E-state index in [9.17, 15) is 10.2 Å². The first-order chi connectivity index (χ1) is 13.5. The van der Waals surface area contributed by atoms with Gasteiger partial charge in [-0.1, -0.05) is 23.7 Å². The fourth-order valence-electron chi connectivity index (χ4n) is 3.50. The van der Waals surface area contributed by atoms with Gasteiger partial charge in [0.25, 0.3) is 0 Å². The van der Waals surface area contributed by atoms with Gasteiger partial charge in [0.2, 0.25) is 0 Å². The van der Waals surface area contributed by atoms with E-state index in [0.29, 0.717) is 36.8 Å². The first-order valence-corrected chi connectivity index (χ1v) is 10.1. The number of nitrogens with zero attached hydrogens (tertiary/aromatic N) is 1. The number of β-amino-alcohol motifs (C(OH)–C–C–N with tert-alkyl or cyclic N) is 1. The van der Waals surface area contributed by atoms with Crippen LogP contribution in [0.5, 0.6) is 11.5 Å². The van der Waals surface area contributed by atoms with E-state index in [4.69, 9.17) is 21.1 Å². The summed E-state index contributed by atoms with van der Waals surface area (Å²) in [6, 6.07) is 14.8. The van der Waals surface area contributed by atoms with Crippen LogP contribution >= 0.6 is 11.6 Å². The normalized spacial score (nSPS) is 17.9. The van der Waals surface area contributed by atoms with E-state index in [0.717, 1.165) is 24.4 Å². The Bertz CT molecular complexity index is 727. The number of hydrogen-bond donors (Lipinski definition) is 2. The number of ether oxygens (including phenoxy) is 2. The first-order valence-electron chi connectivity index (χ1n) is 9.73. The summed E-state index contributed by atoms with van der Waals surface area (Å²) >= 11 is 5.94. The number of aliphatic hydroxyl groups is 2. The minimum atomic E-state index is -0.829. The second kappa shape index (κ2) is 9.61. The van der Waals surface area contributed by atoms with Crippen LogP contribution in [0, 0.1) is 0 Å². The molecule has 5 nitrogen and oxygen atoms in total. The van der Waals surface area contributed by atoms with Gasteiger partial charge in [0, 0.05) is 24.7 Å². The van der Waals surface area contributed by atoms with Crippen LogP contribution in [-0.2, 0) is 5.60 Å². The molecule has 0 amide bonds. The van der Waals surface area contributed by atoms with Crippen LogP contribution in [0.1, 0.15) is 25.3 Å². The number of likely N-dealkylation sites (tertiary alicyclic amines) is 1. The fraction of sp³-hybridized carbons (Fsp3) is 0.455. The van der Waals surface area contributed by atoms with Crippen molar-refractivity contribution in [2.75, 3.05) is 32.8 Å². The van der Waals surface area contributed by atoms with Crippen molar-refractivity contribution in [3.8, 4) is 11.5 Å². The fourth-order valence-corrected chi connectivity index (χ4v) is 3.62. The maximum absolute atomic E-state index is 10.9. The number of rotatable bonds is 8. The molecular formula is C22H28ClNO4. The number of halogens is 1. The Balaban J connectivity index is 1.43. The molecular weight excluding hydrogens is 378 g/mol. The summed E-state index contributed by atoms with van der Waals surface area (Å²) in [5.41, 5.74) is 0.0705. The molecule has 1 saturated heterocycles. The Labute approximate surface area is 171 Å². The molecule has 0 bridgehead atoms. The average molecular weight is 406 g/mol. The Hall–Kier alpha value is -1.79. The molecule has 1 fully saturated rings. The predicted octanol–water partition coefficient (Wildman–Crippen LogP) is 3.46. The highest BCUT2D eigenvalue weighted by Crippen LogP contribution is 2.33. The number of piperidine rings is 1. The SMILES string of the molecule is CCOc1ccc(OCC(O)CN2CCC(O)(c3ccc(Cl)cc3)CC2)cc1. The lowest BCUT2D eigenvalue weighted by Gasteiger charge is -2.39. The first kappa shape index (κ1) is 20.9. The van der Waals surface area contributed by atoms with Crippen LogP contribution in [0.2, 0.25) is 5.02 Å². The molecule has 0 saturated carbocycles. The third-order valence-corrected chi connectivity index (χ3v) is 5.36. The van der Waals surface area contributed by atoms with Gasteiger partial charge in [-0.2, -0.15) is 0 Å². The maximum Gasteiger partial charge on any atom is 0.119 e. The summed E-state index contributed by atoms with van der Waals surface area (Å²) in [6.45, 7) is 4.76. The standard InChI is InChI=1S/C22H28ClNO4/c1-2-27-20-7-9-21(10-8-20)28-16-19(25)15-24-13-11-22(26,12-14-24)17-3-5-18(23)6-4-17/h3-10,19,25-26H,2,11-16H2,1H3. The van der Waals surface area contributed by atoms with Gasteiger partial charge in [-0.05, 0) is 61.7 Å². The van der Waals surface area contributed by atoms with Crippen molar-refractivity contribution < 1.29 is 19.7 Å². The summed E-state index contributed by atoms with van der Waals surface area (Å²) < 4.78 is 11.1. The molecule has 6 heteroatoms. The van der Waals surface area contributed by atoms with Gasteiger partial charge in [0.05, 0.1) is 12.2 Å². The molecule has 1 unspecified atom stereocenters. The average Bonchev–Trinajstić information content (AvgIpc) is 2.70. The van der Waals surface area contributed by atoms with E-state index < -0.39 is 11.7 Å². The largest absolute Gasteiger partial charge is 0.494 e. The number of benzene rings is 2. The smallest absolute Gasteiger partial charge is 0.119 e. The van der Waals surface area contributed by atoms with Crippen molar-refractivity contribution in [1.29, 1.82) is 0 Å². The third-order valence-electron chi connectivity index (χ3n) is 5.11. The second-order valence-corrected chi connectivity index (χ2v) is 7.64. The molecule has 0 aromatic heterocycles. The quantitative estimate of drug-likeness (QED) is 0.704. The summed E-state index contributed by atoms with van der Waals surface area (Å²) in [5.74, 6) is 1.51. The molecule has 152 valence electrons. The van der Waals surface area contributed by atoms with E-state index in [2.05, 4.69) is 4.90 Å². The topological polar surface area (TPSA) is 62.2 Å². The van der Waals surface area contributed by atoms with Crippen molar-refractivity contribution >= 4 is 11.6 Å². The molecule has 1 aliphatic heterocycles. The number of hydrogen-bond acceptors (Lipinski definition) is 5. The van der Waals surface area contributed by atoms with Gasteiger partial charge in [0.1, 0.15) is 24.2 Å². The number of aliphatic hydroxyl groups excluding tert-OH is 1. The summed E-state index contributed by atoms with van der Waals surface area (Å²) in [5, 5.41) is 21.9. The van der Waals surface area contributed by atoms with E-state index in [1.165, 1.54) is 0 Å². The highest BCUT2D eigenvalue weighted by Gasteiger charge is 2.34. The molecule has 0 radical (unpaired) electrons. The van der Waals surface area contributed by atoms with E-state index in [1.54, 1.807) is 0 Å². The van der Waals surface area contributed by atoms with Gasteiger partial charge in [0.15, 0.2) is 0 Å². The molecule has 1 heterocycles. The highest BCUT2D eigenvalue weighted by atomic mass is 35.5. The van der Waals surface area contributed by atoms with Gasteiger partial charge in [-0.15, -0.1) is 0 Å². The van der Waals surface area contributed by atoms with Crippen LogP contribution in [0.25, 0.3) is 0 Å². The van der Waals surface area contributed by atoms with E-state index in [1.807, 2.05) is 55.5 Å². The molecule has 28 heavy (non-hydrogen) atoms. The zero-order valence-electron chi connectivity index (χ0n) is 16.2. The molecule has 3 rings (SSSR count). The molecule has 2 aromatic rings. The lowest BCUT2D eigenvalue weighted by molar-refractivity contribution is -0.0372. The molecule has 2 aromatic carbocycles. The second-order valence-electron chi connectivity index (χ2n) is 7.21. The zero-order valence-corrected chi connectivity index (χ0v) is 16.9. The van der Waals surface area contributed by atoms with Crippen LogP contribution in [0.4, 0.5) is 0 Å². The Morgan fingerprint density at radius 2 is 1.57 bits per heavy atom. The zero-order chi connectivity index (χ0) is 20.0. The summed E-state index contributed by atoms with van der Waals surface area (Å²) in [7, 11) is 0. The molecule has 2 N–H and O–H groups in total. The Kier molecular flexibility index (Phi) is 7.18. The lowest BCUT2D eigenvalue weighted by atomic mass is 9.84. The minimum absolute atomic E-state index is 0.228. The van der Waals surface area contributed by atoms with Crippen molar-refractivity contribution in [2.45, 2.75) is 31.5 Å². The Morgan fingerprint density at radius 3 is 2.14 bits per heavy atom. The summed E-state index contributed by atoms with van der Waals surface area (Å²) in [4.78, 5) is 2.16. The molecule has 0 aliphatic carbocycles. The van der Waals surface area contributed by atoms with Gasteiger partial charge >= 0.3 is 0 Å². The molecule has 1 atom stereocenters. The monoisotopic (exact) mass is 405 g/mol. The lowest BCUT2D eigenvalue weighted by Crippen LogP contribution is -2.46. The van der Waals surface area contributed by atoms with Crippen LogP contribution in [-0.4, -0.2) is 54.1 Å². The van der Waals surface area contributed by atoms with E-state index in [-0.39, 0.29) is 6.61 Å². The van der Waals surface area contributed by atoms with Gasteiger partial charge < -0.3 is 24.6 Å². The van der Waals surface area contributed by atoms with Crippen molar-refractivity contribution in [3.63, 3.8) is 0 Å². The van der Waals surface area contributed by atoms with Crippen LogP contribution in [0.3, 0.4) is 0 Å². The van der Waals surface area contributed by atoms with Crippen molar-refractivity contribution in [3.05, 3.63) is 59.1 Å². The van der Waals surface area contributed by atoms with Gasteiger partial charge in [-0.25, -0.2) is 0 Å². The minimum Gasteiger partial charge on any atom is -0.494 e. The summed E-state index contributed by atoms with van der Waals surface area (Å²) in [6.07, 6.45) is 0.663. The van der Waals surface area contributed by atoms with Crippen molar-refractivity contribution in [2.24, 2.45) is 0 Å². The van der Waals surface area contributed by atoms with E-state index >= 15 is 0 Å². The highest BCUT2D eigenvalue weighted by molar-refractivity contribution is 6.30. The van der Waals surface area contributed by atoms with Gasteiger partial charge in [-0.3, -0.25) is 0 Å².